The van der Waals surface area contributed by atoms with Crippen LogP contribution in [-0.2, 0) is 14.9 Å². The number of halogens is 2. The molecule has 11 heteroatoms. The van der Waals surface area contributed by atoms with Gasteiger partial charge in [0.05, 0.1) is 35.0 Å². The minimum Gasteiger partial charge on any atom is -0.468 e. The summed E-state index contributed by atoms with van der Waals surface area (Å²) in [6.45, 7) is 8.42. The Morgan fingerprint density at radius 2 is 1.76 bits per heavy atom. The number of benzene rings is 1. The number of methoxy groups -OCH3 is 1. The molecule has 1 aliphatic heterocycles. The van der Waals surface area contributed by atoms with Crippen LogP contribution in [0.15, 0.2) is 24.3 Å². The molecule has 1 saturated heterocycles. The van der Waals surface area contributed by atoms with Crippen molar-refractivity contribution in [1.82, 2.24) is 9.80 Å². The van der Waals surface area contributed by atoms with Crippen molar-refractivity contribution in [1.29, 1.82) is 0 Å². The Hall–Kier alpha value is -2.33. The molecule has 0 aliphatic carbocycles. The van der Waals surface area contributed by atoms with E-state index in [9.17, 15) is 14.4 Å². The normalized spacial score (nSPS) is 14.6. The monoisotopic (exact) mass is 526 g/mol. The first-order valence-electron chi connectivity index (χ1n) is 10.7. The Balaban J connectivity index is 1.76. The number of piperazine rings is 1. The number of thiophene rings is 1. The van der Waals surface area contributed by atoms with Crippen molar-refractivity contribution in [2.24, 2.45) is 0 Å². The van der Waals surface area contributed by atoms with Crippen molar-refractivity contribution in [2.45, 2.75) is 26.2 Å². The average molecular weight is 527 g/mol. The molecule has 2 aromatic rings. The Morgan fingerprint density at radius 1 is 1.09 bits per heavy atom. The van der Waals surface area contributed by atoms with Crippen LogP contribution in [0.5, 0.6) is 0 Å². The molecule has 0 radical (unpaired) electrons. The van der Waals surface area contributed by atoms with Gasteiger partial charge in [-0.15, -0.1) is 11.3 Å². The van der Waals surface area contributed by atoms with Crippen LogP contribution in [0, 0.1) is 0 Å². The lowest BCUT2D eigenvalue weighted by atomic mass is 9.94. The topological polar surface area (TPSA) is 91.0 Å². The molecule has 8 nitrogen and oxygen atoms in total. The Labute approximate surface area is 213 Å². The van der Waals surface area contributed by atoms with Gasteiger partial charge >= 0.3 is 12.0 Å². The highest BCUT2D eigenvalue weighted by Gasteiger charge is 2.29. The third kappa shape index (κ3) is 6.41. The van der Waals surface area contributed by atoms with E-state index in [4.69, 9.17) is 27.9 Å². The molecule has 1 aliphatic rings. The number of nitrogens with zero attached hydrogens (tertiary/aromatic N) is 2. The molecule has 0 saturated carbocycles. The quantitative estimate of drug-likeness (QED) is 0.539. The van der Waals surface area contributed by atoms with E-state index in [1.165, 1.54) is 18.4 Å². The van der Waals surface area contributed by atoms with Gasteiger partial charge in [0.15, 0.2) is 0 Å². The molecule has 0 spiro atoms. The molecule has 1 aromatic heterocycles. The number of anilines is 2. The van der Waals surface area contributed by atoms with Crippen molar-refractivity contribution in [3.8, 4) is 0 Å². The summed E-state index contributed by atoms with van der Waals surface area (Å²) >= 11 is 13.6. The molecule has 184 valence electrons. The van der Waals surface area contributed by atoms with Crippen LogP contribution in [0.2, 0.25) is 10.0 Å². The summed E-state index contributed by atoms with van der Waals surface area (Å²) in [5.41, 5.74) is 0.600. The van der Waals surface area contributed by atoms with Crippen molar-refractivity contribution in [3.63, 3.8) is 0 Å². The number of hydrogen-bond donors (Lipinski definition) is 2. The minimum absolute atomic E-state index is 0.166. The number of nitrogens with one attached hydrogen (secondary N) is 2. The third-order valence-electron chi connectivity index (χ3n) is 5.37. The van der Waals surface area contributed by atoms with Crippen LogP contribution in [0.3, 0.4) is 0 Å². The Morgan fingerprint density at radius 3 is 2.38 bits per heavy atom. The first-order chi connectivity index (χ1) is 16.0. The van der Waals surface area contributed by atoms with Crippen LogP contribution in [0.1, 0.15) is 36.0 Å². The fourth-order valence-corrected chi connectivity index (χ4v) is 4.85. The van der Waals surface area contributed by atoms with Gasteiger partial charge in [0, 0.05) is 31.1 Å². The van der Waals surface area contributed by atoms with Gasteiger partial charge in [-0.05, 0) is 23.6 Å². The number of hydrogen-bond acceptors (Lipinski definition) is 6. The molecule has 1 aromatic carbocycles. The number of carbonyl (C=O) groups is 3. The fourth-order valence-electron chi connectivity index (χ4n) is 3.40. The second kappa shape index (κ2) is 10.9. The SMILES string of the molecule is COC(=O)CN1CCN(C(=O)c2cc(C(C)(C)C)sc2NC(=O)Nc2cccc(Cl)c2Cl)CC1. The highest BCUT2D eigenvalue weighted by Crippen LogP contribution is 2.37. The molecule has 0 atom stereocenters. The lowest BCUT2D eigenvalue weighted by molar-refractivity contribution is -0.142. The summed E-state index contributed by atoms with van der Waals surface area (Å²) in [5, 5.41) is 6.52. The first kappa shape index (κ1) is 26.3. The van der Waals surface area contributed by atoms with Crippen molar-refractivity contribution in [2.75, 3.05) is 50.5 Å². The lowest BCUT2D eigenvalue weighted by Crippen LogP contribution is -2.50. The second-order valence-electron chi connectivity index (χ2n) is 8.93. The summed E-state index contributed by atoms with van der Waals surface area (Å²) in [6.07, 6.45) is 0. The maximum absolute atomic E-state index is 13.4. The lowest BCUT2D eigenvalue weighted by Gasteiger charge is -2.34. The molecule has 3 rings (SSSR count). The van der Waals surface area contributed by atoms with Gasteiger partial charge in [0.1, 0.15) is 5.00 Å². The van der Waals surface area contributed by atoms with Crippen LogP contribution in [0.25, 0.3) is 0 Å². The zero-order chi connectivity index (χ0) is 25.0. The van der Waals surface area contributed by atoms with Crippen LogP contribution in [0.4, 0.5) is 15.5 Å². The van der Waals surface area contributed by atoms with E-state index < -0.39 is 6.03 Å². The van der Waals surface area contributed by atoms with E-state index in [1.807, 2.05) is 31.7 Å². The fraction of sp³-hybridized carbons (Fsp3) is 0.435. The number of rotatable bonds is 5. The van der Waals surface area contributed by atoms with Crippen molar-refractivity contribution >= 4 is 63.1 Å². The van der Waals surface area contributed by atoms with Gasteiger partial charge in [-0.25, -0.2) is 4.79 Å². The van der Waals surface area contributed by atoms with E-state index >= 15 is 0 Å². The van der Waals surface area contributed by atoms with Crippen molar-refractivity contribution < 1.29 is 19.1 Å². The van der Waals surface area contributed by atoms with Crippen LogP contribution in [-0.4, -0.2) is 67.5 Å². The molecule has 3 amide bonds. The summed E-state index contributed by atoms with van der Waals surface area (Å²) < 4.78 is 4.72. The Kier molecular flexibility index (Phi) is 8.46. The molecule has 34 heavy (non-hydrogen) atoms. The highest BCUT2D eigenvalue weighted by molar-refractivity contribution is 7.16. The van der Waals surface area contributed by atoms with E-state index in [0.29, 0.717) is 47.5 Å². The molecule has 2 N–H and O–H groups in total. The molecule has 1 fully saturated rings. The largest absolute Gasteiger partial charge is 0.468 e. The Bertz CT molecular complexity index is 1080. The molecule has 2 heterocycles. The zero-order valence-corrected chi connectivity index (χ0v) is 21.9. The van der Waals surface area contributed by atoms with Gasteiger partial charge in [-0.2, -0.15) is 0 Å². The molecule has 0 bridgehead atoms. The van der Waals surface area contributed by atoms with Crippen LogP contribution >= 0.6 is 34.5 Å². The summed E-state index contributed by atoms with van der Waals surface area (Å²) in [4.78, 5) is 42.3. The van der Waals surface area contributed by atoms with E-state index in [0.717, 1.165) is 4.88 Å². The van der Waals surface area contributed by atoms with Gasteiger partial charge in [-0.3, -0.25) is 19.8 Å². The maximum Gasteiger partial charge on any atom is 0.324 e. The zero-order valence-electron chi connectivity index (χ0n) is 19.5. The van der Waals surface area contributed by atoms with E-state index in [-0.39, 0.29) is 28.9 Å². The van der Waals surface area contributed by atoms with Gasteiger partial charge in [0.25, 0.3) is 5.91 Å². The molecule has 0 unspecified atom stereocenters. The van der Waals surface area contributed by atoms with Crippen molar-refractivity contribution in [3.05, 3.63) is 44.8 Å². The maximum atomic E-state index is 13.4. The number of amides is 3. The predicted molar refractivity (Wildman–Crippen MR) is 136 cm³/mol. The second-order valence-corrected chi connectivity index (χ2v) is 10.8. The predicted octanol–water partition coefficient (Wildman–Crippen LogP) is 4.93. The average Bonchev–Trinajstić information content (AvgIpc) is 3.21. The minimum atomic E-state index is -0.525. The van der Waals surface area contributed by atoms with Gasteiger partial charge in [0.2, 0.25) is 0 Å². The summed E-state index contributed by atoms with van der Waals surface area (Å²) in [5.74, 6) is -0.467. The summed E-state index contributed by atoms with van der Waals surface area (Å²) in [6, 6.07) is 6.27. The van der Waals surface area contributed by atoms with Gasteiger partial charge < -0.3 is 15.0 Å². The standard InChI is InChI=1S/C23H28Cl2N4O4S/c1-23(2,3)17-12-14(21(31)29-10-8-28(9-11-29)13-18(30)33-4)20(34-17)27-22(32)26-16-7-5-6-15(24)19(16)25/h5-7,12H,8-11,13H2,1-4H3,(H2,26,27,32). The smallest absolute Gasteiger partial charge is 0.324 e. The third-order valence-corrected chi connectivity index (χ3v) is 7.66. The highest BCUT2D eigenvalue weighted by atomic mass is 35.5. The first-order valence-corrected chi connectivity index (χ1v) is 12.3. The van der Waals surface area contributed by atoms with Crippen LogP contribution < -0.4 is 10.6 Å². The number of urea groups is 1. The molecular weight excluding hydrogens is 499 g/mol. The summed E-state index contributed by atoms with van der Waals surface area (Å²) in [7, 11) is 1.36. The number of esters is 1. The number of ether oxygens (including phenoxy) is 1. The van der Waals surface area contributed by atoms with Gasteiger partial charge in [-0.1, -0.05) is 50.0 Å². The number of carbonyl (C=O) groups excluding carboxylic acids is 3. The molecular formula is C23H28Cl2N4O4S. The van der Waals surface area contributed by atoms with E-state index in [1.54, 1.807) is 23.1 Å². The van der Waals surface area contributed by atoms with E-state index in [2.05, 4.69) is 10.6 Å².